The van der Waals surface area contributed by atoms with Gasteiger partial charge in [-0.05, 0) is 12.1 Å². The number of hydrogen-bond donors (Lipinski definition) is 2. The SMILES string of the molecule is NS(=O)(=O)NCC(F)c1noc2ccccc12. The number of rotatable bonds is 4. The van der Waals surface area contributed by atoms with Gasteiger partial charge in [-0.2, -0.15) is 13.1 Å². The maximum absolute atomic E-state index is 13.7. The van der Waals surface area contributed by atoms with E-state index in [9.17, 15) is 12.8 Å². The summed E-state index contributed by atoms with van der Waals surface area (Å²) < 4.78 is 41.7. The van der Waals surface area contributed by atoms with Crippen LogP contribution in [0.15, 0.2) is 28.8 Å². The fraction of sp³-hybridized carbons (Fsp3) is 0.222. The minimum atomic E-state index is -3.91. The van der Waals surface area contributed by atoms with Crippen molar-refractivity contribution in [2.24, 2.45) is 5.14 Å². The molecule has 3 N–H and O–H groups in total. The fourth-order valence-electron chi connectivity index (χ4n) is 1.42. The molecule has 1 aromatic heterocycles. The summed E-state index contributed by atoms with van der Waals surface area (Å²) in [6.45, 7) is -0.477. The summed E-state index contributed by atoms with van der Waals surface area (Å²) in [6.07, 6.45) is -1.61. The van der Waals surface area contributed by atoms with Crippen LogP contribution < -0.4 is 9.86 Å². The van der Waals surface area contributed by atoms with Crippen LogP contribution in [0, 0.1) is 0 Å². The molecule has 1 aromatic carbocycles. The van der Waals surface area contributed by atoms with E-state index in [1.54, 1.807) is 24.3 Å². The van der Waals surface area contributed by atoms with E-state index in [1.807, 2.05) is 4.72 Å². The lowest BCUT2D eigenvalue weighted by molar-refractivity contribution is 0.318. The Hall–Kier alpha value is -1.51. The fourth-order valence-corrected chi connectivity index (χ4v) is 1.80. The molecule has 0 spiro atoms. The Morgan fingerprint density at radius 2 is 2.18 bits per heavy atom. The van der Waals surface area contributed by atoms with Crippen LogP contribution in [0.1, 0.15) is 11.9 Å². The van der Waals surface area contributed by atoms with Crippen LogP contribution in [0.5, 0.6) is 0 Å². The lowest BCUT2D eigenvalue weighted by atomic mass is 10.1. The molecule has 0 saturated carbocycles. The number of fused-ring (bicyclic) bond motifs is 1. The zero-order valence-electron chi connectivity index (χ0n) is 8.63. The van der Waals surface area contributed by atoms with Crippen LogP contribution in [0.25, 0.3) is 11.0 Å². The van der Waals surface area contributed by atoms with Crippen molar-refractivity contribution in [3.05, 3.63) is 30.0 Å². The van der Waals surface area contributed by atoms with Gasteiger partial charge < -0.3 is 4.52 Å². The van der Waals surface area contributed by atoms with Gasteiger partial charge in [0.05, 0.1) is 0 Å². The highest BCUT2D eigenvalue weighted by Crippen LogP contribution is 2.25. The van der Waals surface area contributed by atoms with E-state index in [2.05, 4.69) is 5.16 Å². The first-order valence-corrected chi connectivity index (χ1v) is 6.28. The highest BCUT2D eigenvalue weighted by molar-refractivity contribution is 7.87. The standard InChI is InChI=1S/C9H10FN3O3S/c10-7(5-12-17(11,14)15)9-6-3-1-2-4-8(6)16-13-9/h1-4,7,12H,5H2,(H2,11,14,15). The summed E-state index contributed by atoms with van der Waals surface area (Å²) in [5.41, 5.74) is 0.498. The van der Waals surface area contributed by atoms with Crippen LogP contribution >= 0.6 is 0 Å². The molecule has 1 atom stereocenters. The Bertz CT molecular complexity index is 625. The predicted molar refractivity (Wildman–Crippen MR) is 59.0 cm³/mol. The van der Waals surface area contributed by atoms with Crippen molar-refractivity contribution in [1.82, 2.24) is 9.88 Å². The number of nitrogens with two attached hydrogens (primary N) is 1. The Labute approximate surface area is 96.8 Å². The largest absolute Gasteiger partial charge is 0.356 e. The molecule has 0 radical (unpaired) electrons. The molecule has 1 unspecified atom stereocenters. The molecule has 0 saturated heterocycles. The van der Waals surface area contributed by atoms with Crippen molar-refractivity contribution in [1.29, 1.82) is 0 Å². The molecule has 0 bridgehead atoms. The second kappa shape index (κ2) is 4.40. The number of benzene rings is 1. The van der Waals surface area contributed by atoms with Gasteiger partial charge in [0.15, 0.2) is 11.8 Å². The van der Waals surface area contributed by atoms with Gasteiger partial charge in [0.1, 0.15) is 5.69 Å². The molecule has 17 heavy (non-hydrogen) atoms. The molecule has 1 heterocycles. The van der Waals surface area contributed by atoms with E-state index in [4.69, 9.17) is 9.66 Å². The first-order valence-electron chi connectivity index (χ1n) is 4.73. The molecular weight excluding hydrogens is 249 g/mol. The maximum atomic E-state index is 13.7. The van der Waals surface area contributed by atoms with E-state index in [0.717, 1.165) is 0 Å². The summed E-state index contributed by atoms with van der Waals surface area (Å²) in [6, 6.07) is 6.73. The van der Waals surface area contributed by atoms with Gasteiger partial charge >= 0.3 is 0 Å². The normalized spacial score (nSPS) is 14.0. The minimum absolute atomic E-state index is 0.0525. The summed E-state index contributed by atoms with van der Waals surface area (Å²) in [4.78, 5) is 0. The maximum Gasteiger partial charge on any atom is 0.274 e. The predicted octanol–water partition coefficient (Wildman–Crippen LogP) is 0.632. The minimum Gasteiger partial charge on any atom is -0.356 e. The Morgan fingerprint density at radius 1 is 1.47 bits per heavy atom. The molecule has 8 heteroatoms. The Balaban J connectivity index is 2.22. The number of hydrogen-bond acceptors (Lipinski definition) is 4. The summed E-state index contributed by atoms with van der Waals surface area (Å²) in [5.74, 6) is 0. The summed E-state index contributed by atoms with van der Waals surface area (Å²) in [5, 5.41) is 8.78. The quantitative estimate of drug-likeness (QED) is 0.841. The highest BCUT2D eigenvalue weighted by atomic mass is 32.2. The average molecular weight is 259 g/mol. The molecule has 92 valence electrons. The third-order valence-corrected chi connectivity index (χ3v) is 2.73. The smallest absolute Gasteiger partial charge is 0.274 e. The molecule has 0 aliphatic carbocycles. The highest BCUT2D eigenvalue weighted by Gasteiger charge is 2.19. The van der Waals surface area contributed by atoms with E-state index in [-0.39, 0.29) is 5.69 Å². The van der Waals surface area contributed by atoms with Gasteiger partial charge in [-0.15, -0.1) is 0 Å². The van der Waals surface area contributed by atoms with Crippen LogP contribution in [-0.4, -0.2) is 20.1 Å². The number of nitrogens with zero attached hydrogens (tertiary/aromatic N) is 1. The lowest BCUT2D eigenvalue weighted by Gasteiger charge is -2.05. The zero-order chi connectivity index (χ0) is 12.5. The molecular formula is C9H10FN3O3S. The monoisotopic (exact) mass is 259 g/mol. The van der Waals surface area contributed by atoms with Crippen LogP contribution in [0.2, 0.25) is 0 Å². The van der Waals surface area contributed by atoms with Gasteiger partial charge in [0.25, 0.3) is 10.2 Å². The van der Waals surface area contributed by atoms with Crippen LogP contribution in [0.3, 0.4) is 0 Å². The number of nitrogens with one attached hydrogen (secondary N) is 1. The van der Waals surface area contributed by atoms with Crippen molar-refractivity contribution in [3.63, 3.8) is 0 Å². The van der Waals surface area contributed by atoms with E-state index < -0.39 is 22.9 Å². The van der Waals surface area contributed by atoms with Gasteiger partial charge in [-0.25, -0.2) is 9.53 Å². The molecule has 6 nitrogen and oxygen atoms in total. The molecule has 2 rings (SSSR count). The van der Waals surface area contributed by atoms with Crippen molar-refractivity contribution in [2.75, 3.05) is 6.54 Å². The second-order valence-electron chi connectivity index (χ2n) is 3.42. The van der Waals surface area contributed by atoms with Crippen LogP contribution in [0.4, 0.5) is 4.39 Å². The van der Waals surface area contributed by atoms with Gasteiger partial charge in [-0.3, -0.25) is 0 Å². The van der Waals surface area contributed by atoms with E-state index >= 15 is 0 Å². The van der Waals surface area contributed by atoms with Gasteiger partial charge in [-0.1, -0.05) is 17.3 Å². The van der Waals surface area contributed by atoms with Crippen molar-refractivity contribution < 1.29 is 17.3 Å². The number of aromatic nitrogens is 1. The molecule has 2 aromatic rings. The van der Waals surface area contributed by atoms with Gasteiger partial charge in [0, 0.05) is 11.9 Å². The van der Waals surface area contributed by atoms with E-state index in [0.29, 0.717) is 11.0 Å². The van der Waals surface area contributed by atoms with Crippen molar-refractivity contribution >= 4 is 21.2 Å². The zero-order valence-corrected chi connectivity index (χ0v) is 9.45. The first-order chi connectivity index (χ1) is 7.97. The number of para-hydroxylation sites is 1. The van der Waals surface area contributed by atoms with E-state index in [1.165, 1.54) is 0 Å². The van der Waals surface area contributed by atoms with Crippen molar-refractivity contribution in [2.45, 2.75) is 6.17 Å². The van der Waals surface area contributed by atoms with Crippen LogP contribution in [-0.2, 0) is 10.2 Å². The summed E-state index contributed by atoms with van der Waals surface area (Å²) in [7, 11) is -3.91. The third kappa shape index (κ3) is 2.78. The first kappa shape index (κ1) is 12.0. The Morgan fingerprint density at radius 3 is 2.88 bits per heavy atom. The van der Waals surface area contributed by atoms with Gasteiger partial charge in [0.2, 0.25) is 0 Å². The molecule has 0 fully saturated rings. The number of alkyl halides is 1. The third-order valence-electron chi connectivity index (χ3n) is 2.17. The van der Waals surface area contributed by atoms with Crippen molar-refractivity contribution in [3.8, 4) is 0 Å². The number of halogens is 1. The lowest BCUT2D eigenvalue weighted by Crippen LogP contribution is -2.33. The Kier molecular flexibility index (Phi) is 3.09. The molecule has 0 amide bonds. The summed E-state index contributed by atoms with van der Waals surface area (Å²) >= 11 is 0. The topological polar surface area (TPSA) is 98.2 Å². The molecule has 0 aliphatic rings. The molecule has 0 aliphatic heterocycles. The average Bonchev–Trinajstić information content (AvgIpc) is 2.68. The second-order valence-corrected chi connectivity index (χ2v) is 4.80.